The molecule has 4 aromatic rings. The Balaban J connectivity index is 1.52. The molecule has 36 heavy (non-hydrogen) atoms. The number of benzene rings is 3. The number of aromatic nitrogens is 1. The summed E-state index contributed by atoms with van der Waals surface area (Å²) in [5.41, 5.74) is 5.36. The molecule has 2 heterocycles. The van der Waals surface area contributed by atoms with Crippen molar-refractivity contribution in [2.24, 2.45) is 10.9 Å². The lowest BCUT2D eigenvalue weighted by Crippen LogP contribution is -2.32. The minimum Gasteiger partial charge on any atom is -0.342 e. The van der Waals surface area contributed by atoms with Crippen LogP contribution in [0.3, 0.4) is 0 Å². The third-order valence-electron chi connectivity index (χ3n) is 6.07. The lowest BCUT2D eigenvalue weighted by molar-refractivity contribution is -0.122. The molecule has 0 saturated carbocycles. The van der Waals surface area contributed by atoms with E-state index in [-0.39, 0.29) is 5.91 Å². The molecular formula is C30H28ClN3OS. The fourth-order valence-electron chi connectivity index (χ4n) is 4.30. The second-order valence-electron chi connectivity index (χ2n) is 9.51. The number of rotatable bonds is 6. The average Bonchev–Trinajstić information content (AvgIpc) is 3.34. The number of para-hydroxylation sites is 1. The predicted molar refractivity (Wildman–Crippen MR) is 153 cm³/mol. The summed E-state index contributed by atoms with van der Waals surface area (Å²) in [6, 6.07) is 24.3. The van der Waals surface area contributed by atoms with Gasteiger partial charge in [-0.1, -0.05) is 73.5 Å². The zero-order chi connectivity index (χ0) is 25.2. The highest BCUT2D eigenvalue weighted by Gasteiger charge is 2.34. The van der Waals surface area contributed by atoms with Gasteiger partial charge in [-0.3, -0.25) is 9.69 Å². The summed E-state index contributed by atoms with van der Waals surface area (Å²) in [5.74, 6) is 0.340. The zero-order valence-corrected chi connectivity index (χ0v) is 22.2. The minimum atomic E-state index is 0.00842. The van der Waals surface area contributed by atoms with Crippen LogP contribution in [0.25, 0.3) is 17.0 Å². The van der Waals surface area contributed by atoms with Crippen LogP contribution in [0.1, 0.15) is 30.5 Å². The SMILES string of the molecule is Cc1ccc(N=C2S/C(=C/c3cn(Cc4ccc(Cl)cc4)c4ccccc34)C(=O)N2CC(C)C)cc1. The Morgan fingerprint density at radius 2 is 1.72 bits per heavy atom. The van der Waals surface area contributed by atoms with E-state index in [0.29, 0.717) is 17.4 Å². The van der Waals surface area contributed by atoms with Crippen LogP contribution < -0.4 is 0 Å². The summed E-state index contributed by atoms with van der Waals surface area (Å²) < 4.78 is 2.22. The van der Waals surface area contributed by atoms with Crippen molar-refractivity contribution in [2.75, 3.05) is 6.54 Å². The largest absolute Gasteiger partial charge is 0.342 e. The van der Waals surface area contributed by atoms with Gasteiger partial charge >= 0.3 is 0 Å². The maximum Gasteiger partial charge on any atom is 0.266 e. The van der Waals surface area contributed by atoms with E-state index in [1.54, 1.807) is 0 Å². The molecule has 0 bridgehead atoms. The van der Waals surface area contributed by atoms with Crippen molar-refractivity contribution in [3.63, 3.8) is 0 Å². The van der Waals surface area contributed by atoms with E-state index in [4.69, 9.17) is 16.6 Å². The predicted octanol–water partition coefficient (Wildman–Crippen LogP) is 7.91. The standard InChI is InChI=1S/C30H28ClN3OS/c1-20(2)17-34-29(35)28(36-30(34)32-25-14-8-21(3)9-15-25)16-23-19-33(27-7-5-4-6-26(23)27)18-22-10-12-24(31)13-11-22/h4-16,19-20H,17-18H2,1-3H3/b28-16+,32-30?. The van der Waals surface area contributed by atoms with Crippen molar-refractivity contribution in [1.82, 2.24) is 9.47 Å². The summed E-state index contributed by atoms with van der Waals surface area (Å²) in [4.78, 5) is 20.8. The molecule has 1 aliphatic rings. The van der Waals surface area contributed by atoms with Crippen molar-refractivity contribution in [1.29, 1.82) is 0 Å². The number of aliphatic imine (C=N–C) groups is 1. The molecule has 4 nitrogen and oxygen atoms in total. The summed E-state index contributed by atoms with van der Waals surface area (Å²) in [7, 11) is 0. The maximum absolute atomic E-state index is 13.5. The molecule has 0 N–H and O–H groups in total. The van der Waals surface area contributed by atoms with Crippen LogP contribution >= 0.6 is 23.4 Å². The number of amidine groups is 1. The third-order valence-corrected chi connectivity index (χ3v) is 7.33. The van der Waals surface area contributed by atoms with Gasteiger partial charge in [0.05, 0.1) is 10.6 Å². The number of aryl methyl sites for hydroxylation is 1. The lowest BCUT2D eigenvalue weighted by Gasteiger charge is -2.17. The van der Waals surface area contributed by atoms with E-state index < -0.39 is 0 Å². The Kier molecular flexibility index (Phi) is 7.04. The fraction of sp³-hybridized carbons (Fsp3) is 0.200. The van der Waals surface area contributed by atoms with Gasteiger partial charge in [-0.2, -0.15) is 0 Å². The van der Waals surface area contributed by atoms with Crippen molar-refractivity contribution < 1.29 is 4.79 Å². The van der Waals surface area contributed by atoms with E-state index in [1.165, 1.54) is 22.9 Å². The van der Waals surface area contributed by atoms with Crippen LogP contribution in [0.15, 0.2) is 88.9 Å². The van der Waals surface area contributed by atoms with E-state index in [0.717, 1.165) is 38.9 Å². The Morgan fingerprint density at radius 3 is 2.44 bits per heavy atom. The molecule has 1 fully saturated rings. The van der Waals surface area contributed by atoms with E-state index in [2.05, 4.69) is 43.7 Å². The highest BCUT2D eigenvalue weighted by atomic mass is 35.5. The molecule has 6 heteroatoms. The number of amides is 1. The van der Waals surface area contributed by atoms with Crippen LogP contribution in [0.2, 0.25) is 5.02 Å². The smallest absolute Gasteiger partial charge is 0.266 e. The van der Waals surface area contributed by atoms with Gasteiger partial charge < -0.3 is 4.57 Å². The van der Waals surface area contributed by atoms with Gasteiger partial charge in [-0.25, -0.2) is 4.99 Å². The van der Waals surface area contributed by atoms with Crippen LogP contribution in [-0.2, 0) is 11.3 Å². The first kappa shape index (κ1) is 24.4. The van der Waals surface area contributed by atoms with Crippen molar-refractivity contribution >= 4 is 57.1 Å². The van der Waals surface area contributed by atoms with Crippen molar-refractivity contribution in [3.8, 4) is 0 Å². The Morgan fingerprint density at radius 1 is 1.00 bits per heavy atom. The molecule has 182 valence electrons. The van der Waals surface area contributed by atoms with Crippen molar-refractivity contribution in [3.05, 3.63) is 106 Å². The number of thioether (sulfide) groups is 1. The lowest BCUT2D eigenvalue weighted by atomic mass is 10.1. The van der Waals surface area contributed by atoms with E-state index in [1.807, 2.05) is 71.6 Å². The van der Waals surface area contributed by atoms with Gasteiger partial charge in [0, 0.05) is 40.8 Å². The molecular weight excluding hydrogens is 486 g/mol. The summed E-state index contributed by atoms with van der Waals surface area (Å²) in [6.07, 6.45) is 4.14. The first-order valence-electron chi connectivity index (χ1n) is 12.1. The second-order valence-corrected chi connectivity index (χ2v) is 11.0. The van der Waals surface area contributed by atoms with Gasteiger partial charge in [0.1, 0.15) is 0 Å². The normalized spacial score (nSPS) is 16.2. The summed E-state index contributed by atoms with van der Waals surface area (Å²) >= 11 is 7.52. The monoisotopic (exact) mass is 513 g/mol. The Hall–Kier alpha value is -3.28. The molecule has 0 spiro atoms. The number of hydrogen-bond donors (Lipinski definition) is 0. The molecule has 1 aromatic heterocycles. The van der Waals surface area contributed by atoms with Crippen LogP contribution in [-0.4, -0.2) is 27.1 Å². The summed E-state index contributed by atoms with van der Waals surface area (Å²) in [5, 5.41) is 2.58. The molecule has 1 amide bonds. The van der Waals surface area contributed by atoms with E-state index >= 15 is 0 Å². The van der Waals surface area contributed by atoms with Gasteiger partial charge in [0.2, 0.25) is 0 Å². The molecule has 0 aliphatic carbocycles. The Bertz CT molecular complexity index is 1470. The van der Waals surface area contributed by atoms with Gasteiger partial charge in [-0.15, -0.1) is 0 Å². The number of carbonyl (C=O) groups is 1. The minimum absolute atomic E-state index is 0.00842. The Labute approximate surface area is 221 Å². The molecule has 3 aromatic carbocycles. The number of fused-ring (bicyclic) bond motifs is 1. The van der Waals surface area contributed by atoms with Crippen LogP contribution in [0, 0.1) is 12.8 Å². The quantitative estimate of drug-likeness (QED) is 0.246. The maximum atomic E-state index is 13.5. The van der Waals surface area contributed by atoms with E-state index in [9.17, 15) is 4.79 Å². The zero-order valence-electron chi connectivity index (χ0n) is 20.6. The molecule has 0 atom stereocenters. The fourth-order valence-corrected chi connectivity index (χ4v) is 5.42. The van der Waals surface area contributed by atoms with Crippen LogP contribution in [0.5, 0.6) is 0 Å². The number of hydrogen-bond acceptors (Lipinski definition) is 3. The van der Waals surface area contributed by atoms with Gasteiger partial charge in [0.15, 0.2) is 5.17 Å². The highest BCUT2D eigenvalue weighted by Crippen LogP contribution is 2.36. The average molecular weight is 514 g/mol. The molecule has 5 rings (SSSR count). The first-order valence-corrected chi connectivity index (χ1v) is 13.3. The molecule has 1 saturated heterocycles. The highest BCUT2D eigenvalue weighted by molar-refractivity contribution is 8.18. The molecule has 0 radical (unpaired) electrons. The van der Waals surface area contributed by atoms with Gasteiger partial charge in [0.25, 0.3) is 5.91 Å². The number of nitrogens with zero attached hydrogens (tertiary/aromatic N) is 3. The molecule has 1 aliphatic heterocycles. The number of halogens is 1. The topological polar surface area (TPSA) is 37.6 Å². The second kappa shape index (κ2) is 10.4. The van der Waals surface area contributed by atoms with Crippen LogP contribution in [0.4, 0.5) is 5.69 Å². The number of carbonyl (C=O) groups excluding carboxylic acids is 1. The first-order chi connectivity index (χ1) is 17.4. The third kappa shape index (κ3) is 5.28. The van der Waals surface area contributed by atoms with Crippen molar-refractivity contribution in [2.45, 2.75) is 27.3 Å². The molecule has 0 unspecified atom stereocenters. The van der Waals surface area contributed by atoms with Gasteiger partial charge in [-0.05, 0) is 66.6 Å². The summed E-state index contributed by atoms with van der Waals surface area (Å²) in [6.45, 7) is 7.65.